The van der Waals surface area contributed by atoms with E-state index in [9.17, 15) is 32.8 Å². The van der Waals surface area contributed by atoms with E-state index in [1.54, 1.807) is 41.6 Å². The first kappa shape index (κ1) is 51.7. The Balaban J connectivity index is 0.000000189. The fraction of sp³-hybridized carbons (Fsp3) is 0.268. The summed E-state index contributed by atoms with van der Waals surface area (Å²) in [6, 6.07) is 35.7. The number of pyridine rings is 2. The maximum atomic E-state index is 14.4. The van der Waals surface area contributed by atoms with E-state index in [1.807, 2.05) is 125 Å². The molecule has 374 valence electrons. The number of rotatable bonds is 10. The van der Waals surface area contributed by atoms with Crippen molar-refractivity contribution in [2.45, 2.75) is 71.4 Å². The summed E-state index contributed by atoms with van der Waals surface area (Å²) in [7, 11) is 0. The van der Waals surface area contributed by atoms with Gasteiger partial charge in [-0.05, 0) is 38.1 Å². The average molecular weight is 1020 g/mol. The summed E-state index contributed by atoms with van der Waals surface area (Å²) in [6.45, 7) is 7.99. The highest BCUT2D eigenvalue weighted by Crippen LogP contribution is 2.36. The number of benzene rings is 4. The number of fused-ring (bicyclic) bond motifs is 2. The van der Waals surface area contributed by atoms with Crippen molar-refractivity contribution >= 4 is 73.9 Å². The lowest BCUT2D eigenvalue weighted by Gasteiger charge is -2.39. The number of nitrogens with one attached hydrogen (secondary N) is 2. The molecule has 0 saturated carbocycles. The third kappa shape index (κ3) is 12.0. The highest BCUT2D eigenvalue weighted by atomic mass is 32.1. The number of aryl methyl sites for hydroxylation is 2. The Labute approximate surface area is 429 Å². The topological polar surface area (TPSA) is 167 Å². The summed E-state index contributed by atoms with van der Waals surface area (Å²) in [5.41, 5.74) is 4.84. The molecule has 8 aromatic rings. The van der Waals surface area contributed by atoms with E-state index in [0.717, 1.165) is 26.9 Å². The Morgan fingerprint density at radius 2 is 1.07 bits per heavy atom. The third-order valence-electron chi connectivity index (χ3n) is 12.5. The minimum atomic E-state index is -2.92. The van der Waals surface area contributed by atoms with Gasteiger partial charge in [-0.2, -0.15) is 0 Å². The van der Waals surface area contributed by atoms with Crippen LogP contribution >= 0.6 is 22.7 Å². The third-order valence-corrected chi connectivity index (χ3v) is 14.4. The number of piperidine rings is 2. The second-order valence-corrected chi connectivity index (χ2v) is 19.7. The second-order valence-electron chi connectivity index (χ2n) is 17.3. The fourth-order valence-electron chi connectivity index (χ4n) is 9.00. The lowest BCUT2D eigenvalue weighted by molar-refractivity contribution is -0.122. The first-order valence-electron chi connectivity index (χ1n) is 24.1. The molecule has 2 fully saturated rings. The molecule has 73 heavy (non-hydrogen) atoms. The van der Waals surface area contributed by atoms with Crippen LogP contribution in [0, 0.1) is 13.8 Å². The maximum Gasteiger partial charge on any atom is 0.266 e. The van der Waals surface area contributed by atoms with Gasteiger partial charge in [0.15, 0.2) is 0 Å². The summed E-state index contributed by atoms with van der Waals surface area (Å²) in [6.07, 6.45) is 2.82. The zero-order valence-electron chi connectivity index (χ0n) is 40.8. The van der Waals surface area contributed by atoms with Gasteiger partial charge in [0, 0.05) is 86.2 Å². The van der Waals surface area contributed by atoms with Crippen molar-refractivity contribution in [1.82, 2.24) is 40.4 Å². The molecule has 4 amide bonds. The van der Waals surface area contributed by atoms with E-state index < -0.39 is 36.8 Å². The van der Waals surface area contributed by atoms with Gasteiger partial charge in [-0.1, -0.05) is 111 Å². The van der Waals surface area contributed by atoms with Gasteiger partial charge in [0.25, 0.3) is 29.6 Å². The number of halogens is 2. The quantitative estimate of drug-likeness (QED) is 0.135. The predicted octanol–water partition coefficient (Wildman–Crippen LogP) is 10.6. The molecule has 0 unspecified atom stereocenters. The van der Waals surface area contributed by atoms with Crippen LogP contribution in [0.15, 0.2) is 134 Å². The molecule has 0 bridgehead atoms. The molecule has 10 rings (SSSR count). The number of para-hydroxylation sites is 2. The van der Waals surface area contributed by atoms with Gasteiger partial charge in [0.2, 0.25) is 0 Å². The molecule has 2 aliphatic rings. The van der Waals surface area contributed by atoms with Crippen molar-refractivity contribution < 1.29 is 32.8 Å². The highest BCUT2D eigenvalue weighted by molar-refractivity contribution is 7.14. The lowest BCUT2D eigenvalue weighted by Crippen LogP contribution is -2.54. The Hall–Kier alpha value is -7.63. The molecular weight excluding hydrogens is 967 g/mol. The smallest absolute Gasteiger partial charge is 0.266 e. The Bertz CT molecular complexity index is 3270. The monoisotopic (exact) mass is 1020 g/mol. The molecule has 2 aliphatic heterocycles. The van der Waals surface area contributed by atoms with E-state index in [0.29, 0.717) is 61.3 Å². The zero-order valence-corrected chi connectivity index (χ0v) is 42.4. The number of amides is 4. The minimum Gasteiger partial charge on any atom is -0.350 e. The van der Waals surface area contributed by atoms with Gasteiger partial charge < -0.3 is 20.4 Å². The molecule has 17 heteroatoms. The van der Waals surface area contributed by atoms with Crippen LogP contribution in [0.4, 0.5) is 8.78 Å². The van der Waals surface area contributed by atoms with Gasteiger partial charge in [0.05, 0.1) is 55.6 Å². The molecule has 6 heterocycles. The molecule has 13 nitrogen and oxygen atoms in total. The molecule has 2 N–H and O–H groups in total. The zero-order chi connectivity index (χ0) is 51.6. The Morgan fingerprint density at radius 3 is 1.56 bits per heavy atom. The van der Waals surface area contributed by atoms with Crippen LogP contribution in [0.3, 0.4) is 0 Å². The fourth-order valence-corrected chi connectivity index (χ4v) is 10.8. The van der Waals surface area contributed by atoms with Crippen molar-refractivity contribution in [3.63, 3.8) is 0 Å². The number of thiazole rings is 2. The first-order valence-corrected chi connectivity index (χ1v) is 25.8. The number of carbonyl (C=O) groups is 5. The van der Waals surface area contributed by atoms with Gasteiger partial charge >= 0.3 is 0 Å². The van der Waals surface area contributed by atoms with Crippen LogP contribution in [-0.4, -0.2) is 103 Å². The van der Waals surface area contributed by atoms with Gasteiger partial charge in [-0.3, -0.25) is 33.9 Å². The van der Waals surface area contributed by atoms with Gasteiger partial charge in [-0.15, -0.1) is 22.7 Å². The number of carbonyl (C=O) groups excluding carboxylic acids is 5. The second kappa shape index (κ2) is 23.3. The van der Waals surface area contributed by atoms with E-state index in [4.69, 9.17) is 0 Å². The van der Waals surface area contributed by atoms with Crippen molar-refractivity contribution in [1.29, 1.82) is 0 Å². The van der Waals surface area contributed by atoms with Crippen LogP contribution in [0.2, 0.25) is 0 Å². The molecule has 2 saturated heterocycles. The molecule has 4 aromatic heterocycles. The molecule has 2 atom stereocenters. The van der Waals surface area contributed by atoms with Gasteiger partial charge in [-0.25, -0.2) is 18.7 Å². The SMILES string of the molecule is CC.Cc1nc(-c2ccccc2)c(C(=O)N2CCC(=O)C[C@H]2CNC(=O)c2cccc3cccnc23)s1.Cc1nc(-c2ccccc2)c(C(=O)N2CCC(F)(F)C[C@H]2CNC(=O)c2cccc3cccnc23)s1. The molecule has 0 spiro atoms. The summed E-state index contributed by atoms with van der Waals surface area (Å²) in [4.78, 5) is 87.6. The summed E-state index contributed by atoms with van der Waals surface area (Å²) < 4.78 is 28.9. The van der Waals surface area contributed by atoms with Crippen molar-refractivity contribution in [3.8, 4) is 22.5 Å². The van der Waals surface area contributed by atoms with Crippen molar-refractivity contribution in [3.05, 3.63) is 165 Å². The first-order chi connectivity index (χ1) is 35.3. The molecule has 4 aromatic carbocycles. The Morgan fingerprint density at radius 1 is 0.616 bits per heavy atom. The number of alkyl halides is 2. The van der Waals surface area contributed by atoms with E-state index >= 15 is 0 Å². The number of ketones is 1. The van der Waals surface area contributed by atoms with Gasteiger partial charge in [0.1, 0.15) is 15.5 Å². The van der Waals surface area contributed by atoms with Crippen LogP contribution in [-0.2, 0) is 4.79 Å². The number of hydrogen-bond acceptors (Lipinski definition) is 11. The number of aromatic nitrogens is 4. The number of Topliss-reactive ketones (excluding diaryl/α,β-unsaturated/α-hetero) is 1. The van der Waals surface area contributed by atoms with E-state index in [-0.39, 0.29) is 49.6 Å². The predicted molar refractivity (Wildman–Crippen MR) is 282 cm³/mol. The van der Waals surface area contributed by atoms with Crippen LogP contribution in [0.25, 0.3) is 44.3 Å². The molecule has 0 aliphatic carbocycles. The van der Waals surface area contributed by atoms with Crippen LogP contribution < -0.4 is 10.6 Å². The molecule has 0 radical (unpaired) electrons. The number of likely N-dealkylation sites (tertiary alicyclic amines) is 2. The maximum absolute atomic E-state index is 14.4. The summed E-state index contributed by atoms with van der Waals surface area (Å²) >= 11 is 2.60. The summed E-state index contributed by atoms with van der Waals surface area (Å²) in [5.74, 6) is -4.03. The molecular formula is C56H54F2N8O5S2. The van der Waals surface area contributed by atoms with E-state index in [1.165, 1.54) is 27.6 Å². The standard InChI is InChI=1S/C27H24F2N4O2S.C27H24N4O3S.C2H6/c1-17-32-23(19-7-3-2-4-8-19)24(36-17)26(35)33-14-12-27(28,29)15-20(33)16-31-25(34)21-11-5-9-18-10-6-13-30-22(18)21;1-17-30-24(19-7-3-2-4-8-19)25(35-17)27(34)31-14-12-21(32)15-20(31)16-29-26(33)22-11-5-9-18-10-6-13-28-23(18)22;1-2/h2-11,13,20H,12,14-16H2,1H3,(H,31,34);2-11,13,20H,12,14-16H2,1H3,(H,29,33);1-2H3/t2*20-;/m00./s1. The normalized spacial score (nSPS) is 16.2. The summed E-state index contributed by atoms with van der Waals surface area (Å²) in [5, 5.41) is 8.89. The highest BCUT2D eigenvalue weighted by Gasteiger charge is 2.43. The Kier molecular flexibility index (Phi) is 16.5. The van der Waals surface area contributed by atoms with Crippen molar-refractivity contribution in [2.75, 3.05) is 26.2 Å². The van der Waals surface area contributed by atoms with Crippen LogP contribution in [0.5, 0.6) is 0 Å². The average Bonchev–Trinajstić information content (AvgIpc) is 4.02. The largest absolute Gasteiger partial charge is 0.350 e. The number of hydrogen-bond donors (Lipinski definition) is 2. The van der Waals surface area contributed by atoms with Crippen LogP contribution in [0.1, 0.15) is 89.6 Å². The lowest BCUT2D eigenvalue weighted by atomic mass is 9.97. The number of nitrogens with zero attached hydrogens (tertiary/aromatic N) is 6. The van der Waals surface area contributed by atoms with E-state index in [2.05, 4.69) is 30.6 Å². The minimum absolute atomic E-state index is 0.0869. The van der Waals surface area contributed by atoms with Crippen molar-refractivity contribution in [2.24, 2.45) is 0 Å².